The van der Waals surface area contributed by atoms with Gasteiger partial charge in [0.05, 0.1) is 13.2 Å². The Bertz CT molecular complexity index is 437. The highest BCUT2D eigenvalue weighted by Crippen LogP contribution is 2.09. The van der Waals surface area contributed by atoms with Gasteiger partial charge in [-0.2, -0.15) is 0 Å². The minimum atomic E-state index is -0.498. The van der Waals surface area contributed by atoms with E-state index in [2.05, 4.69) is 50.3 Å². The van der Waals surface area contributed by atoms with E-state index < -0.39 is 6.16 Å². The average Bonchev–Trinajstić information content (AvgIpc) is 2.75. The van der Waals surface area contributed by atoms with Crippen LogP contribution in [-0.4, -0.2) is 19.4 Å². The first-order valence-electron chi connectivity index (χ1n) is 12.6. The quantitative estimate of drug-likeness (QED) is 0.105. The van der Waals surface area contributed by atoms with Crippen LogP contribution in [0.2, 0.25) is 0 Å². The fourth-order valence-electron chi connectivity index (χ4n) is 3.13. The lowest BCUT2D eigenvalue weighted by Crippen LogP contribution is -2.09. The number of carbonyl (C=O) groups is 1. The van der Waals surface area contributed by atoms with Gasteiger partial charge in [-0.25, -0.2) is 4.79 Å². The van der Waals surface area contributed by atoms with Crippen molar-refractivity contribution in [3.8, 4) is 0 Å². The maximum atomic E-state index is 11.5. The van der Waals surface area contributed by atoms with Crippen LogP contribution in [0.3, 0.4) is 0 Å². The van der Waals surface area contributed by atoms with Gasteiger partial charge in [-0.3, -0.25) is 0 Å². The van der Waals surface area contributed by atoms with Crippen LogP contribution in [0.5, 0.6) is 0 Å². The van der Waals surface area contributed by atoms with E-state index in [9.17, 15) is 4.79 Å². The summed E-state index contributed by atoms with van der Waals surface area (Å²) in [5.41, 5.74) is 0. The van der Waals surface area contributed by atoms with Crippen molar-refractivity contribution >= 4 is 6.16 Å². The van der Waals surface area contributed by atoms with Gasteiger partial charge in [0.15, 0.2) is 0 Å². The van der Waals surface area contributed by atoms with Crippen LogP contribution in [0.1, 0.15) is 117 Å². The van der Waals surface area contributed by atoms with Crippen molar-refractivity contribution in [2.24, 2.45) is 0 Å². The number of rotatable bonds is 21. The first-order valence-corrected chi connectivity index (χ1v) is 12.6. The smallest absolute Gasteiger partial charge is 0.434 e. The molecule has 0 spiro atoms. The van der Waals surface area contributed by atoms with E-state index in [0.29, 0.717) is 13.2 Å². The van der Waals surface area contributed by atoms with E-state index in [-0.39, 0.29) is 0 Å². The third-order valence-electron chi connectivity index (χ3n) is 4.98. The van der Waals surface area contributed by atoms with Gasteiger partial charge in [-0.05, 0) is 44.9 Å². The Morgan fingerprint density at radius 1 is 0.567 bits per heavy atom. The maximum absolute atomic E-state index is 11.5. The minimum Gasteiger partial charge on any atom is -0.434 e. The molecule has 0 aromatic rings. The highest BCUT2D eigenvalue weighted by atomic mass is 16.7. The highest BCUT2D eigenvalue weighted by Gasteiger charge is 2.02. The van der Waals surface area contributed by atoms with Crippen LogP contribution in [0.15, 0.2) is 36.5 Å². The van der Waals surface area contributed by atoms with E-state index in [1.54, 1.807) is 0 Å². The molecule has 0 aliphatic heterocycles. The molecule has 0 saturated carbocycles. The van der Waals surface area contributed by atoms with Gasteiger partial charge in [0.2, 0.25) is 0 Å². The van der Waals surface area contributed by atoms with E-state index >= 15 is 0 Å². The second-order valence-electron chi connectivity index (χ2n) is 7.92. The Kier molecular flexibility index (Phi) is 24.2. The van der Waals surface area contributed by atoms with Crippen LogP contribution in [0, 0.1) is 0 Å². The van der Waals surface area contributed by atoms with Crippen LogP contribution in [-0.2, 0) is 9.47 Å². The summed E-state index contributed by atoms with van der Waals surface area (Å²) < 4.78 is 10.2. The molecule has 0 aliphatic carbocycles. The number of hydrogen-bond acceptors (Lipinski definition) is 3. The molecule has 0 saturated heterocycles. The molecule has 0 rings (SSSR count). The van der Waals surface area contributed by atoms with Gasteiger partial charge in [0, 0.05) is 0 Å². The Hall–Kier alpha value is -1.51. The SMILES string of the molecule is CCC=CCC=CCC=CCCCCCCCCOC(=O)OCCCCCCCC. The topological polar surface area (TPSA) is 35.5 Å². The number of carbonyl (C=O) groups excluding carboxylic acids is 1. The zero-order valence-corrected chi connectivity index (χ0v) is 19.9. The lowest BCUT2D eigenvalue weighted by atomic mass is 10.1. The Labute approximate surface area is 187 Å². The molecular formula is C27H48O3. The van der Waals surface area contributed by atoms with Crippen molar-refractivity contribution in [1.29, 1.82) is 0 Å². The molecule has 0 atom stereocenters. The largest absolute Gasteiger partial charge is 0.508 e. The summed E-state index contributed by atoms with van der Waals surface area (Å²) in [5, 5.41) is 0. The molecule has 0 unspecified atom stereocenters. The molecule has 0 aliphatic rings. The summed E-state index contributed by atoms with van der Waals surface area (Å²) in [6.07, 6.45) is 31.6. The standard InChI is InChI=1S/C27H48O3/c1-3-5-7-9-11-12-13-14-15-16-17-18-19-20-22-24-26-30-27(28)29-25-23-21-10-8-6-4-2/h5,7,11-12,14-15H,3-4,6,8-10,13,16-26H2,1-2H3. The monoisotopic (exact) mass is 420 g/mol. The van der Waals surface area contributed by atoms with Gasteiger partial charge in [-0.1, -0.05) is 108 Å². The fraction of sp³-hybridized carbons (Fsp3) is 0.741. The fourth-order valence-corrected chi connectivity index (χ4v) is 3.13. The van der Waals surface area contributed by atoms with Crippen molar-refractivity contribution in [1.82, 2.24) is 0 Å². The van der Waals surface area contributed by atoms with Crippen molar-refractivity contribution in [3.05, 3.63) is 36.5 Å². The summed E-state index contributed by atoms with van der Waals surface area (Å²) in [4.78, 5) is 11.5. The van der Waals surface area contributed by atoms with Gasteiger partial charge in [0.25, 0.3) is 0 Å². The predicted molar refractivity (Wildman–Crippen MR) is 130 cm³/mol. The summed E-state index contributed by atoms with van der Waals surface area (Å²) >= 11 is 0. The van der Waals surface area contributed by atoms with E-state index in [0.717, 1.165) is 44.9 Å². The Morgan fingerprint density at radius 3 is 1.60 bits per heavy atom. The van der Waals surface area contributed by atoms with Crippen molar-refractivity contribution in [2.75, 3.05) is 13.2 Å². The molecule has 0 N–H and O–H groups in total. The summed E-state index contributed by atoms with van der Waals surface area (Å²) in [7, 11) is 0. The molecule has 30 heavy (non-hydrogen) atoms. The lowest BCUT2D eigenvalue weighted by molar-refractivity contribution is 0.0529. The molecule has 3 nitrogen and oxygen atoms in total. The normalized spacial score (nSPS) is 11.8. The van der Waals surface area contributed by atoms with Gasteiger partial charge >= 0.3 is 6.16 Å². The summed E-state index contributed by atoms with van der Waals surface area (Å²) in [5.74, 6) is 0. The molecular weight excluding hydrogens is 372 g/mol. The molecule has 0 radical (unpaired) electrons. The third kappa shape index (κ3) is 24.5. The van der Waals surface area contributed by atoms with E-state index in [4.69, 9.17) is 9.47 Å². The van der Waals surface area contributed by atoms with Crippen LogP contribution in [0.25, 0.3) is 0 Å². The zero-order valence-electron chi connectivity index (χ0n) is 19.9. The molecule has 3 heteroatoms. The first-order chi connectivity index (χ1) is 14.8. The Morgan fingerprint density at radius 2 is 1.03 bits per heavy atom. The number of allylic oxidation sites excluding steroid dienone is 6. The maximum Gasteiger partial charge on any atom is 0.508 e. The first kappa shape index (κ1) is 28.5. The van der Waals surface area contributed by atoms with Crippen LogP contribution < -0.4 is 0 Å². The average molecular weight is 421 g/mol. The molecule has 0 fully saturated rings. The number of unbranched alkanes of at least 4 members (excludes halogenated alkanes) is 11. The van der Waals surface area contributed by atoms with Crippen molar-refractivity contribution in [2.45, 2.75) is 117 Å². The number of ether oxygens (including phenoxy) is 2. The summed E-state index contributed by atoms with van der Waals surface area (Å²) in [6.45, 7) is 5.35. The zero-order chi connectivity index (χ0) is 22.0. The minimum absolute atomic E-state index is 0.486. The number of hydrogen-bond donors (Lipinski definition) is 0. The molecule has 0 aromatic carbocycles. The lowest BCUT2D eigenvalue weighted by Gasteiger charge is -2.06. The van der Waals surface area contributed by atoms with E-state index in [1.165, 1.54) is 57.8 Å². The molecule has 0 bridgehead atoms. The van der Waals surface area contributed by atoms with Crippen molar-refractivity contribution in [3.63, 3.8) is 0 Å². The molecule has 174 valence electrons. The van der Waals surface area contributed by atoms with E-state index in [1.807, 2.05) is 0 Å². The highest BCUT2D eigenvalue weighted by molar-refractivity contribution is 5.59. The molecule has 0 aromatic heterocycles. The van der Waals surface area contributed by atoms with Crippen LogP contribution in [0.4, 0.5) is 4.79 Å². The molecule has 0 amide bonds. The van der Waals surface area contributed by atoms with Crippen molar-refractivity contribution < 1.29 is 14.3 Å². The third-order valence-corrected chi connectivity index (χ3v) is 4.98. The van der Waals surface area contributed by atoms with Crippen LogP contribution >= 0.6 is 0 Å². The second-order valence-corrected chi connectivity index (χ2v) is 7.92. The molecule has 0 heterocycles. The Balaban J connectivity index is 3.25. The van der Waals surface area contributed by atoms with Gasteiger partial charge in [-0.15, -0.1) is 0 Å². The predicted octanol–water partition coefficient (Wildman–Crippen LogP) is 9.09. The van der Waals surface area contributed by atoms with Gasteiger partial charge in [0.1, 0.15) is 0 Å². The van der Waals surface area contributed by atoms with Gasteiger partial charge < -0.3 is 9.47 Å². The summed E-state index contributed by atoms with van der Waals surface area (Å²) in [6, 6.07) is 0. The second kappa shape index (κ2) is 25.5.